The fraction of sp³-hybridized carbons (Fsp3) is 0.300. The number of rotatable bonds is 7. The average molecular weight is 370 g/mol. The highest BCUT2D eigenvalue weighted by Gasteiger charge is 2.12. The van der Waals surface area contributed by atoms with Gasteiger partial charge in [0.2, 0.25) is 0 Å². The van der Waals surface area contributed by atoms with Crippen LogP contribution in [0.2, 0.25) is 0 Å². The summed E-state index contributed by atoms with van der Waals surface area (Å²) in [5, 5.41) is 3.79. The SMILES string of the molecule is COc1cc(C(=O)NCc2nc3ccccc3s2)ccc1OCC(C)C. The summed E-state index contributed by atoms with van der Waals surface area (Å²) in [6.45, 7) is 5.15. The molecule has 6 heteroatoms. The summed E-state index contributed by atoms with van der Waals surface area (Å²) < 4.78 is 12.2. The molecule has 0 bridgehead atoms. The highest BCUT2D eigenvalue weighted by molar-refractivity contribution is 7.18. The second-order valence-electron chi connectivity index (χ2n) is 6.33. The van der Waals surface area contributed by atoms with Crippen molar-refractivity contribution in [1.29, 1.82) is 0 Å². The molecule has 0 spiro atoms. The van der Waals surface area contributed by atoms with Gasteiger partial charge in [-0.2, -0.15) is 0 Å². The van der Waals surface area contributed by atoms with Crippen LogP contribution in [0.3, 0.4) is 0 Å². The molecule has 1 heterocycles. The van der Waals surface area contributed by atoms with Crippen LogP contribution >= 0.6 is 11.3 Å². The molecule has 1 N–H and O–H groups in total. The molecule has 0 fully saturated rings. The minimum atomic E-state index is -0.169. The first-order valence-electron chi connectivity index (χ1n) is 8.50. The molecule has 0 saturated carbocycles. The molecule has 0 radical (unpaired) electrons. The smallest absolute Gasteiger partial charge is 0.251 e. The van der Waals surface area contributed by atoms with E-state index in [1.165, 1.54) is 0 Å². The second-order valence-corrected chi connectivity index (χ2v) is 7.44. The Bertz CT molecular complexity index is 872. The molecule has 0 aliphatic heterocycles. The highest BCUT2D eigenvalue weighted by Crippen LogP contribution is 2.28. The second kappa shape index (κ2) is 8.19. The molecule has 3 rings (SSSR count). The zero-order valence-electron chi connectivity index (χ0n) is 15.1. The standard InChI is InChI=1S/C20H22N2O3S/c1-13(2)12-25-16-9-8-14(10-17(16)24-3)20(23)21-11-19-22-15-6-4-5-7-18(15)26-19/h4-10,13H,11-12H2,1-3H3,(H,21,23). The Morgan fingerprint density at radius 1 is 1.19 bits per heavy atom. The number of nitrogens with zero attached hydrogens (tertiary/aromatic N) is 1. The number of hydrogen-bond acceptors (Lipinski definition) is 5. The van der Waals surface area contributed by atoms with Gasteiger partial charge in [-0.3, -0.25) is 4.79 Å². The monoisotopic (exact) mass is 370 g/mol. The van der Waals surface area contributed by atoms with Gasteiger partial charge in [0.1, 0.15) is 5.01 Å². The predicted molar refractivity (Wildman–Crippen MR) is 104 cm³/mol. The number of nitrogens with one attached hydrogen (secondary N) is 1. The molecule has 3 aromatic rings. The van der Waals surface area contributed by atoms with E-state index >= 15 is 0 Å². The lowest BCUT2D eigenvalue weighted by Gasteiger charge is -2.13. The molecule has 136 valence electrons. The Morgan fingerprint density at radius 3 is 2.73 bits per heavy atom. The maximum Gasteiger partial charge on any atom is 0.251 e. The Kier molecular flexibility index (Phi) is 5.73. The van der Waals surface area contributed by atoms with Gasteiger partial charge in [0.25, 0.3) is 5.91 Å². The molecule has 1 amide bonds. The van der Waals surface area contributed by atoms with E-state index in [2.05, 4.69) is 24.1 Å². The van der Waals surface area contributed by atoms with Crippen LogP contribution < -0.4 is 14.8 Å². The average Bonchev–Trinajstić information content (AvgIpc) is 3.07. The van der Waals surface area contributed by atoms with E-state index in [4.69, 9.17) is 9.47 Å². The number of aromatic nitrogens is 1. The van der Waals surface area contributed by atoms with E-state index in [0.29, 0.717) is 36.1 Å². The molecule has 0 unspecified atom stereocenters. The lowest BCUT2D eigenvalue weighted by atomic mass is 10.2. The van der Waals surface area contributed by atoms with Gasteiger partial charge in [0.15, 0.2) is 11.5 Å². The zero-order valence-corrected chi connectivity index (χ0v) is 15.9. The van der Waals surface area contributed by atoms with Crippen molar-refractivity contribution < 1.29 is 14.3 Å². The predicted octanol–water partition coefficient (Wildman–Crippen LogP) is 4.27. The summed E-state index contributed by atoms with van der Waals surface area (Å²) in [7, 11) is 1.57. The van der Waals surface area contributed by atoms with E-state index < -0.39 is 0 Å². The molecule has 0 aliphatic carbocycles. The first-order chi connectivity index (χ1) is 12.6. The fourth-order valence-electron chi connectivity index (χ4n) is 2.44. The van der Waals surface area contributed by atoms with Crippen molar-refractivity contribution in [2.45, 2.75) is 20.4 Å². The maximum absolute atomic E-state index is 12.4. The van der Waals surface area contributed by atoms with Gasteiger partial charge in [0.05, 0.1) is 30.5 Å². The molecule has 5 nitrogen and oxygen atoms in total. The lowest BCUT2D eigenvalue weighted by molar-refractivity contribution is 0.0950. The molecule has 0 atom stereocenters. The molecular weight excluding hydrogens is 348 g/mol. The minimum absolute atomic E-state index is 0.169. The summed E-state index contributed by atoms with van der Waals surface area (Å²) in [5.41, 5.74) is 1.48. The Morgan fingerprint density at radius 2 is 2.00 bits per heavy atom. The maximum atomic E-state index is 12.4. The highest BCUT2D eigenvalue weighted by atomic mass is 32.1. The van der Waals surface area contributed by atoms with E-state index in [1.54, 1.807) is 36.6 Å². The number of thiazole rings is 1. The first-order valence-corrected chi connectivity index (χ1v) is 9.32. The largest absolute Gasteiger partial charge is 0.493 e. The number of amides is 1. The van der Waals surface area contributed by atoms with Gasteiger partial charge >= 0.3 is 0 Å². The third-order valence-electron chi connectivity index (χ3n) is 3.74. The number of fused-ring (bicyclic) bond motifs is 1. The number of carbonyl (C=O) groups is 1. The van der Waals surface area contributed by atoms with Gasteiger partial charge in [-0.1, -0.05) is 26.0 Å². The van der Waals surface area contributed by atoms with Crippen molar-refractivity contribution in [3.05, 3.63) is 53.0 Å². The fourth-order valence-corrected chi connectivity index (χ4v) is 3.35. The third-order valence-corrected chi connectivity index (χ3v) is 4.77. The Hall–Kier alpha value is -2.60. The summed E-state index contributed by atoms with van der Waals surface area (Å²) >= 11 is 1.58. The van der Waals surface area contributed by atoms with Crippen LogP contribution in [0.4, 0.5) is 0 Å². The van der Waals surface area contributed by atoms with Crippen LogP contribution in [0.5, 0.6) is 11.5 Å². The number of methoxy groups -OCH3 is 1. The number of hydrogen-bond donors (Lipinski definition) is 1. The Balaban J connectivity index is 1.67. The van der Waals surface area contributed by atoms with E-state index in [1.807, 2.05) is 24.3 Å². The molecule has 2 aromatic carbocycles. The zero-order chi connectivity index (χ0) is 18.5. The van der Waals surface area contributed by atoms with Crippen LogP contribution in [-0.2, 0) is 6.54 Å². The number of carbonyl (C=O) groups excluding carboxylic acids is 1. The molecule has 0 saturated heterocycles. The number of ether oxygens (including phenoxy) is 2. The van der Waals surface area contributed by atoms with Crippen LogP contribution in [0, 0.1) is 5.92 Å². The van der Waals surface area contributed by atoms with Crippen molar-refractivity contribution in [2.24, 2.45) is 5.92 Å². The van der Waals surface area contributed by atoms with Crippen molar-refractivity contribution in [1.82, 2.24) is 10.3 Å². The van der Waals surface area contributed by atoms with Crippen molar-refractivity contribution >= 4 is 27.5 Å². The molecule has 0 aliphatic rings. The summed E-state index contributed by atoms with van der Waals surface area (Å²) in [6, 6.07) is 13.2. The molecular formula is C20H22N2O3S. The van der Waals surface area contributed by atoms with Crippen LogP contribution in [0.1, 0.15) is 29.2 Å². The number of benzene rings is 2. The topological polar surface area (TPSA) is 60.5 Å². The van der Waals surface area contributed by atoms with Crippen molar-refractivity contribution in [3.8, 4) is 11.5 Å². The van der Waals surface area contributed by atoms with Gasteiger partial charge in [-0.25, -0.2) is 4.98 Å². The first kappa shape index (κ1) is 18.2. The molecule has 26 heavy (non-hydrogen) atoms. The normalized spacial score (nSPS) is 10.9. The van der Waals surface area contributed by atoms with Crippen molar-refractivity contribution in [2.75, 3.05) is 13.7 Å². The summed E-state index contributed by atoms with van der Waals surface area (Å²) in [5.74, 6) is 1.44. The van der Waals surface area contributed by atoms with Gasteiger partial charge in [-0.15, -0.1) is 11.3 Å². The van der Waals surface area contributed by atoms with Gasteiger partial charge in [0, 0.05) is 5.56 Å². The van der Waals surface area contributed by atoms with Gasteiger partial charge in [-0.05, 0) is 36.2 Å². The lowest BCUT2D eigenvalue weighted by Crippen LogP contribution is -2.22. The van der Waals surface area contributed by atoms with E-state index in [9.17, 15) is 4.79 Å². The van der Waals surface area contributed by atoms with E-state index in [0.717, 1.165) is 15.2 Å². The minimum Gasteiger partial charge on any atom is -0.493 e. The van der Waals surface area contributed by atoms with Crippen LogP contribution in [0.15, 0.2) is 42.5 Å². The number of para-hydroxylation sites is 1. The van der Waals surface area contributed by atoms with Crippen molar-refractivity contribution in [3.63, 3.8) is 0 Å². The third kappa shape index (κ3) is 4.32. The summed E-state index contributed by atoms with van der Waals surface area (Å²) in [6.07, 6.45) is 0. The van der Waals surface area contributed by atoms with Crippen LogP contribution in [-0.4, -0.2) is 24.6 Å². The van der Waals surface area contributed by atoms with Crippen LogP contribution in [0.25, 0.3) is 10.2 Å². The Labute approximate surface area is 157 Å². The van der Waals surface area contributed by atoms with E-state index in [-0.39, 0.29) is 5.91 Å². The van der Waals surface area contributed by atoms with Gasteiger partial charge < -0.3 is 14.8 Å². The molecule has 1 aromatic heterocycles. The quantitative estimate of drug-likeness (QED) is 0.675. The summed E-state index contributed by atoms with van der Waals surface area (Å²) in [4.78, 5) is 17.0.